The molecule has 0 amide bonds. The highest BCUT2D eigenvalue weighted by Gasteiger charge is 2.13. The van der Waals surface area contributed by atoms with Gasteiger partial charge in [0.15, 0.2) is 0 Å². The Balaban J connectivity index is 4.17. The summed E-state index contributed by atoms with van der Waals surface area (Å²) in [7, 11) is 0. The fraction of sp³-hybridized carbons (Fsp3) is 0.750. The molecule has 0 radical (unpaired) electrons. The second kappa shape index (κ2) is 4.59. The monoisotopic (exact) mass is 214 g/mol. The zero-order valence-corrected chi connectivity index (χ0v) is 9.32. The highest BCUT2D eigenvalue weighted by atomic mass is 35.5. The van der Waals surface area contributed by atoms with E-state index in [0.717, 1.165) is 6.42 Å². The Morgan fingerprint density at radius 1 is 1.09 bits per heavy atom. The van der Waals surface area contributed by atoms with Gasteiger partial charge in [-0.3, -0.25) is 0 Å². The van der Waals surface area contributed by atoms with Gasteiger partial charge in [0.2, 0.25) is 0 Å². The van der Waals surface area contributed by atoms with Gasteiger partial charge in [-0.05, 0) is 11.8 Å². The van der Waals surface area contributed by atoms with Crippen LogP contribution in [0.4, 0.5) is 0 Å². The van der Waals surface area contributed by atoms with Gasteiger partial charge in [-0.1, -0.05) is 44.0 Å². The summed E-state index contributed by atoms with van der Waals surface area (Å²) in [4.78, 5) is 0. The Hall–Kier alpha value is 0.610. The van der Waals surface area contributed by atoms with E-state index in [-0.39, 0.29) is 5.41 Å². The number of hydrogen-bond acceptors (Lipinski definition) is 0. The van der Waals surface area contributed by atoms with Crippen LogP contribution in [-0.2, 0) is 0 Å². The van der Waals surface area contributed by atoms with Crippen LogP contribution in [0.2, 0.25) is 0 Å². The molecule has 0 bridgehead atoms. The van der Waals surface area contributed by atoms with Crippen LogP contribution in [0.15, 0.2) is 10.1 Å². The number of allylic oxidation sites excluding steroid dienone is 2. The quantitative estimate of drug-likeness (QED) is 0.601. The molecule has 0 rings (SSSR count). The average molecular weight is 216 g/mol. The van der Waals surface area contributed by atoms with Gasteiger partial charge in [-0.25, -0.2) is 0 Å². The lowest BCUT2D eigenvalue weighted by atomic mass is 9.92. The molecule has 0 aliphatic rings. The third-order valence-corrected chi connectivity index (χ3v) is 2.32. The predicted octanol–water partition coefficient (Wildman–Crippen LogP) is 4.35. The van der Waals surface area contributed by atoms with Crippen molar-refractivity contribution in [3.05, 3.63) is 10.1 Å². The lowest BCUT2D eigenvalue weighted by Gasteiger charge is -2.17. The van der Waals surface area contributed by atoms with Crippen LogP contribution in [0.3, 0.4) is 0 Å². The molecule has 0 aromatic heterocycles. The molecular weight excluding hydrogens is 202 g/mol. The molecular formula is C8H13Cl3. The van der Waals surface area contributed by atoms with Gasteiger partial charge in [-0.15, -0.1) is 11.6 Å². The Labute approximate surface area is 83.5 Å². The Morgan fingerprint density at radius 2 is 1.55 bits per heavy atom. The van der Waals surface area contributed by atoms with Crippen LogP contribution in [-0.4, -0.2) is 5.88 Å². The van der Waals surface area contributed by atoms with Crippen molar-refractivity contribution in [2.75, 3.05) is 5.88 Å². The van der Waals surface area contributed by atoms with Crippen molar-refractivity contribution in [2.24, 2.45) is 5.41 Å². The first kappa shape index (κ1) is 11.6. The molecule has 0 unspecified atom stereocenters. The molecule has 66 valence electrons. The summed E-state index contributed by atoms with van der Waals surface area (Å²) < 4.78 is 0. The maximum absolute atomic E-state index is 5.88. The molecule has 0 fully saturated rings. The van der Waals surface area contributed by atoms with E-state index in [1.165, 1.54) is 0 Å². The second-order valence-corrected chi connectivity index (χ2v) is 4.86. The lowest BCUT2D eigenvalue weighted by Crippen LogP contribution is -2.04. The van der Waals surface area contributed by atoms with E-state index >= 15 is 0 Å². The maximum atomic E-state index is 5.88. The Kier molecular flexibility index (Phi) is 4.85. The summed E-state index contributed by atoms with van der Waals surface area (Å²) >= 11 is 17.1. The van der Waals surface area contributed by atoms with Crippen LogP contribution in [0.25, 0.3) is 0 Å². The van der Waals surface area contributed by atoms with Crippen LogP contribution in [0.5, 0.6) is 0 Å². The summed E-state index contributed by atoms with van der Waals surface area (Å²) in [5.41, 5.74) is 0.170. The second-order valence-electron chi connectivity index (χ2n) is 3.68. The molecule has 3 heteroatoms. The molecule has 0 aromatic carbocycles. The Morgan fingerprint density at radius 3 is 1.82 bits per heavy atom. The van der Waals surface area contributed by atoms with Crippen LogP contribution >= 0.6 is 34.8 Å². The van der Waals surface area contributed by atoms with Crippen molar-refractivity contribution in [1.29, 1.82) is 0 Å². The van der Waals surface area contributed by atoms with Crippen molar-refractivity contribution in [3.8, 4) is 0 Å². The smallest absolute Gasteiger partial charge is 0.0593 e. The van der Waals surface area contributed by atoms with Crippen molar-refractivity contribution in [1.82, 2.24) is 0 Å². The first-order chi connectivity index (χ1) is 4.87. The topological polar surface area (TPSA) is 0 Å². The van der Waals surface area contributed by atoms with E-state index in [2.05, 4.69) is 20.8 Å². The largest absolute Gasteiger partial charge is 0.121 e. The van der Waals surface area contributed by atoms with Crippen LogP contribution in [0.1, 0.15) is 27.2 Å². The molecule has 0 aliphatic heterocycles. The zero-order valence-electron chi connectivity index (χ0n) is 7.05. The molecule has 0 N–H and O–H groups in total. The van der Waals surface area contributed by atoms with Crippen molar-refractivity contribution in [3.63, 3.8) is 0 Å². The molecule has 0 saturated heterocycles. The highest BCUT2D eigenvalue weighted by Crippen LogP contribution is 2.29. The Bertz CT molecular complexity index is 153. The zero-order chi connectivity index (χ0) is 9.07. The number of alkyl halides is 1. The summed E-state index contributed by atoms with van der Waals surface area (Å²) in [6.07, 6.45) is 0.778. The molecule has 0 aromatic rings. The van der Waals surface area contributed by atoms with E-state index in [4.69, 9.17) is 34.8 Å². The lowest BCUT2D eigenvalue weighted by molar-refractivity contribution is 0.416. The van der Waals surface area contributed by atoms with Crippen molar-refractivity contribution < 1.29 is 0 Å². The number of hydrogen-bond donors (Lipinski definition) is 0. The molecule has 0 atom stereocenters. The molecule has 0 heterocycles. The first-order valence-corrected chi connectivity index (χ1v) is 4.75. The number of halogens is 3. The summed E-state index contributed by atoms with van der Waals surface area (Å²) in [6, 6.07) is 0. The standard InChI is InChI=1S/C8H13Cl3/c1-8(2,3)4-6(10)7(11)5-9/h4-5H2,1-3H3. The van der Waals surface area contributed by atoms with Gasteiger partial charge in [0.05, 0.1) is 5.88 Å². The first-order valence-electron chi connectivity index (χ1n) is 3.46. The maximum Gasteiger partial charge on any atom is 0.0593 e. The third-order valence-electron chi connectivity index (χ3n) is 1.10. The fourth-order valence-electron chi connectivity index (χ4n) is 0.634. The molecule has 11 heavy (non-hydrogen) atoms. The van der Waals surface area contributed by atoms with E-state index in [9.17, 15) is 0 Å². The molecule has 0 nitrogen and oxygen atoms in total. The predicted molar refractivity (Wildman–Crippen MR) is 53.5 cm³/mol. The van der Waals surface area contributed by atoms with Gasteiger partial charge in [-0.2, -0.15) is 0 Å². The van der Waals surface area contributed by atoms with Gasteiger partial charge < -0.3 is 0 Å². The van der Waals surface area contributed by atoms with Gasteiger partial charge in [0.1, 0.15) is 0 Å². The van der Waals surface area contributed by atoms with E-state index < -0.39 is 0 Å². The minimum absolute atomic E-state index is 0.170. The summed E-state index contributed by atoms with van der Waals surface area (Å²) in [6.45, 7) is 6.31. The minimum atomic E-state index is 0.170. The van der Waals surface area contributed by atoms with Gasteiger partial charge >= 0.3 is 0 Å². The van der Waals surface area contributed by atoms with E-state index in [1.54, 1.807) is 0 Å². The number of rotatable bonds is 2. The fourth-order valence-corrected chi connectivity index (χ4v) is 1.40. The van der Waals surface area contributed by atoms with E-state index in [0.29, 0.717) is 15.9 Å². The van der Waals surface area contributed by atoms with Crippen LogP contribution < -0.4 is 0 Å². The van der Waals surface area contributed by atoms with Crippen molar-refractivity contribution in [2.45, 2.75) is 27.2 Å². The van der Waals surface area contributed by atoms with Crippen molar-refractivity contribution >= 4 is 34.8 Å². The van der Waals surface area contributed by atoms with Crippen LogP contribution in [0, 0.1) is 5.41 Å². The normalized spacial score (nSPS) is 14.7. The third kappa shape index (κ3) is 5.84. The molecule has 0 aliphatic carbocycles. The molecule has 0 saturated carbocycles. The van der Waals surface area contributed by atoms with E-state index in [1.807, 2.05) is 0 Å². The highest BCUT2D eigenvalue weighted by molar-refractivity contribution is 6.42. The summed E-state index contributed by atoms with van der Waals surface area (Å²) in [5.74, 6) is 0.302. The molecule has 0 spiro atoms. The SMILES string of the molecule is CC(C)(C)CC(Cl)=C(Cl)CCl. The van der Waals surface area contributed by atoms with Gasteiger partial charge in [0.25, 0.3) is 0 Å². The average Bonchev–Trinajstić information content (AvgIpc) is 1.82. The van der Waals surface area contributed by atoms with Gasteiger partial charge in [0, 0.05) is 10.1 Å². The minimum Gasteiger partial charge on any atom is -0.121 e. The summed E-state index contributed by atoms with van der Waals surface area (Å²) in [5, 5.41) is 1.23.